The fraction of sp³-hybridized carbons (Fsp3) is 0.286. The predicted molar refractivity (Wildman–Crippen MR) is 103 cm³/mol. The molecule has 1 aliphatic heterocycles. The van der Waals surface area contributed by atoms with Crippen LogP contribution in [0.15, 0.2) is 48.8 Å². The lowest BCUT2D eigenvalue weighted by molar-refractivity contribution is -0.153. The molecule has 3 aromatic rings. The fourth-order valence-electron chi connectivity index (χ4n) is 3.37. The highest BCUT2D eigenvalue weighted by molar-refractivity contribution is 5.95. The Morgan fingerprint density at radius 2 is 2.06 bits per heavy atom. The van der Waals surface area contributed by atoms with Crippen LogP contribution in [0.2, 0.25) is 0 Å². The number of imidazole rings is 1. The molecule has 2 aromatic heterocycles. The Morgan fingerprint density at radius 3 is 2.77 bits per heavy atom. The molecule has 0 unspecified atom stereocenters. The Labute approximate surface area is 175 Å². The Balaban J connectivity index is 1.68. The van der Waals surface area contributed by atoms with Crippen molar-refractivity contribution in [3.8, 4) is 22.9 Å². The molecule has 1 aliphatic rings. The van der Waals surface area contributed by atoms with Crippen molar-refractivity contribution in [3.05, 3.63) is 54.5 Å². The topological polar surface area (TPSA) is 88.7 Å². The lowest BCUT2D eigenvalue weighted by Gasteiger charge is -2.19. The van der Waals surface area contributed by atoms with E-state index in [1.54, 1.807) is 40.9 Å². The van der Waals surface area contributed by atoms with Crippen LogP contribution in [0.3, 0.4) is 0 Å². The fourth-order valence-corrected chi connectivity index (χ4v) is 3.37. The predicted octanol–water partition coefficient (Wildman–Crippen LogP) is 3.35. The Kier molecular flexibility index (Phi) is 5.29. The Bertz CT molecular complexity index is 1160. The van der Waals surface area contributed by atoms with Crippen LogP contribution in [0.25, 0.3) is 16.8 Å². The average molecular weight is 430 g/mol. The zero-order valence-electron chi connectivity index (χ0n) is 16.1. The van der Waals surface area contributed by atoms with E-state index in [0.717, 1.165) is 0 Å². The van der Waals surface area contributed by atoms with E-state index < -0.39 is 24.2 Å². The van der Waals surface area contributed by atoms with Gasteiger partial charge in [0.2, 0.25) is 0 Å². The van der Waals surface area contributed by atoms with Crippen LogP contribution in [0.4, 0.5) is 13.2 Å². The van der Waals surface area contributed by atoms with Gasteiger partial charge < -0.3 is 19.2 Å². The summed E-state index contributed by atoms with van der Waals surface area (Å²) in [6.07, 6.45) is -0.940. The highest BCUT2D eigenvalue weighted by atomic mass is 19.4. The third-order valence-electron chi connectivity index (χ3n) is 4.87. The number of nitrogens with zero attached hydrogens (tertiary/aromatic N) is 3. The number of rotatable bonds is 5. The van der Waals surface area contributed by atoms with Gasteiger partial charge in [0.25, 0.3) is 5.91 Å². The number of amides is 1. The van der Waals surface area contributed by atoms with Crippen LogP contribution in [-0.2, 0) is 4.74 Å². The molecule has 4 rings (SSSR count). The maximum atomic E-state index is 12.7. The normalized spacial score (nSPS) is 18.6. The van der Waals surface area contributed by atoms with Gasteiger partial charge in [-0.1, -0.05) is 18.2 Å². The highest BCUT2D eigenvalue weighted by Gasteiger charge is 2.37. The minimum absolute atomic E-state index is 0.0495. The van der Waals surface area contributed by atoms with Gasteiger partial charge >= 0.3 is 6.18 Å². The molecule has 160 valence electrons. The second-order valence-electron chi connectivity index (χ2n) is 7.13. The van der Waals surface area contributed by atoms with Crippen LogP contribution in [-0.4, -0.2) is 46.8 Å². The molecule has 1 aromatic carbocycles. The van der Waals surface area contributed by atoms with Crippen molar-refractivity contribution < 1.29 is 27.4 Å². The van der Waals surface area contributed by atoms with Gasteiger partial charge in [0.15, 0.2) is 12.1 Å². The standard InChI is InChI=1S/C21H17F3N4O3/c22-21(23,24)13-31-17-6-2-1-4-14(17)15-5-3-8-28-10-16(26-18(15)28)19(29)27-20(11-25)7-9-30-12-20/h1-6,8,10H,7,9,12-13H2,(H,27,29)/t20-/m0/s1. The molecule has 1 saturated heterocycles. The minimum atomic E-state index is -4.47. The molecule has 0 saturated carbocycles. The van der Waals surface area contributed by atoms with Gasteiger partial charge in [-0.2, -0.15) is 18.4 Å². The van der Waals surface area contributed by atoms with E-state index in [0.29, 0.717) is 29.8 Å². The number of alkyl halides is 3. The first-order valence-corrected chi connectivity index (χ1v) is 9.38. The molecule has 1 fully saturated rings. The van der Waals surface area contributed by atoms with Crippen molar-refractivity contribution in [1.29, 1.82) is 5.26 Å². The van der Waals surface area contributed by atoms with Gasteiger partial charge in [-0.25, -0.2) is 4.98 Å². The molecule has 3 heterocycles. The number of para-hydroxylation sites is 1. The van der Waals surface area contributed by atoms with Crippen LogP contribution >= 0.6 is 0 Å². The van der Waals surface area contributed by atoms with E-state index >= 15 is 0 Å². The average Bonchev–Trinajstić information content (AvgIpc) is 3.39. The number of nitrogens with one attached hydrogen (secondary N) is 1. The largest absolute Gasteiger partial charge is 0.483 e. The van der Waals surface area contributed by atoms with Gasteiger partial charge in [-0.3, -0.25) is 4.79 Å². The first kappa shape index (κ1) is 20.7. The van der Waals surface area contributed by atoms with Crippen LogP contribution in [0.1, 0.15) is 16.9 Å². The van der Waals surface area contributed by atoms with Crippen LogP contribution in [0.5, 0.6) is 5.75 Å². The number of hydrogen-bond donors (Lipinski definition) is 1. The molecule has 1 N–H and O–H groups in total. The Morgan fingerprint density at radius 1 is 1.29 bits per heavy atom. The van der Waals surface area contributed by atoms with Gasteiger partial charge in [0.1, 0.15) is 17.1 Å². The van der Waals surface area contributed by atoms with E-state index in [1.165, 1.54) is 12.3 Å². The molecular formula is C21H17F3N4O3. The van der Waals surface area contributed by atoms with E-state index in [9.17, 15) is 23.2 Å². The maximum Gasteiger partial charge on any atom is 0.422 e. The van der Waals surface area contributed by atoms with E-state index in [1.807, 2.05) is 0 Å². The number of benzene rings is 1. The van der Waals surface area contributed by atoms with Gasteiger partial charge in [-0.05, 0) is 18.2 Å². The monoisotopic (exact) mass is 430 g/mol. The molecule has 0 spiro atoms. The van der Waals surface area contributed by atoms with Crippen molar-refractivity contribution in [1.82, 2.24) is 14.7 Å². The number of nitriles is 1. The first-order chi connectivity index (χ1) is 14.8. The van der Waals surface area contributed by atoms with Crippen LogP contribution < -0.4 is 10.1 Å². The zero-order chi connectivity index (χ0) is 22.1. The molecule has 1 amide bonds. The van der Waals surface area contributed by atoms with Crippen LogP contribution in [0, 0.1) is 11.3 Å². The SMILES string of the molecule is N#C[C@@]1(NC(=O)c2cn3cccc(-c4ccccc4OCC(F)(F)F)c3n2)CCOC1. The summed E-state index contributed by atoms with van der Waals surface area (Å²) in [7, 11) is 0. The molecule has 31 heavy (non-hydrogen) atoms. The van der Waals surface area contributed by atoms with E-state index in [2.05, 4.69) is 16.4 Å². The minimum Gasteiger partial charge on any atom is -0.483 e. The summed E-state index contributed by atoms with van der Waals surface area (Å²) in [5, 5.41) is 12.1. The van der Waals surface area contributed by atoms with E-state index in [4.69, 9.17) is 9.47 Å². The number of ether oxygens (including phenoxy) is 2. The first-order valence-electron chi connectivity index (χ1n) is 9.38. The Hall–Kier alpha value is -3.58. The number of aromatic nitrogens is 2. The lowest BCUT2D eigenvalue weighted by atomic mass is 10.0. The smallest absolute Gasteiger partial charge is 0.422 e. The van der Waals surface area contributed by atoms with E-state index in [-0.39, 0.29) is 18.1 Å². The summed E-state index contributed by atoms with van der Waals surface area (Å²) < 4.78 is 49.7. The number of fused-ring (bicyclic) bond motifs is 1. The number of halogens is 3. The van der Waals surface area contributed by atoms with Gasteiger partial charge in [0.05, 0.1) is 19.3 Å². The summed E-state index contributed by atoms with van der Waals surface area (Å²) in [5.41, 5.74) is 0.242. The number of carbonyl (C=O) groups is 1. The second kappa shape index (κ2) is 7.92. The molecule has 10 heteroatoms. The molecule has 1 atom stereocenters. The third-order valence-corrected chi connectivity index (χ3v) is 4.87. The number of hydrogen-bond acceptors (Lipinski definition) is 5. The third kappa shape index (κ3) is 4.32. The number of carbonyl (C=O) groups excluding carboxylic acids is 1. The summed E-state index contributed by atoms with van der Waals surface area (Å²) >= 11 is 0. The van der Waals surface area contributed by atoms with Crippen molar-refractivity contribution in [2.24, 2.45) is 0 Å². The van der Waals surface area contributed by atoms with Gasteiger partial charge in [-0.15, -0.1) is 0 Å². The summed E-state index contributed by atoms with van der Waals surface area (Å²) in [6, 6.07) is 11.8. The summed E-state index contributed by atoms with van der Waals surface area (Å²) in [6.45, 7) is -0.955. The molecule has 0 radical (unpaired) electrons. The lowest BCUT2D eigenvalue weighted by Crippen LogP contribution is -2.48. The summed E-state index contributed by atoms with van der Waals surface area (Å²) in [5.74, 6) is -0.489. The molecule has 0 bridgehead atoms. The van der Waals surface area contributed by atoms with Gasteiger partial charge in [0, 0.05) is 29.9 Å². The quantitative estimate of drug-likeness (QED) is 0.671. The van der Waals surface area contributed by atoms with Crippen molar-refractivity contribution in [2.75, 3.05) is 19.8 Å². The highest BCUT2D eigenvalue weighted by Crippen LogP contribution is 2.33. The maximum absolute atomic E-state index is 12.7. The number of pyridine rings is 1. The zero-order valence-corrected chi connectivity index (χ0v) is 16.1. The molecular weight excluding hydrogens is 413 g/mol. The molecule has 7 nitrogen and oxygen atoms in total. The molecule has 0 aliphatic carbocycles. The van der Waals surface area contributed by atoms with Crippen molar-refractivity contribution >= 4 is 11.6 Å². The van der Waals surface area contributed by atoms with Crippen molar-refractivity contribution in [3.63, 3.8) is 0 Å². The van der Waals surface area contributed by atoms with Crippen molar-refractivity contribution in [2.45, 2.75) is 18.1 Å². The second-order valence-corrected chi connectivity index (χ2v) is 7.13. The summed E-state index contributed by atoms with van der Waals surface area (Å²) in [4.78, 5) is 17.1.